The van der Waals surface area contributed by atoms with Gasteiger partial charge in [-0.05, 0) is 61.2 Å². The van der Waals surface area contributed by atoms with Crippen LogP contribution in [0.2, 0.25) is 5.02 Å². The number of carboxylic acid groups (broad SMARTS) is 1. The minimum atomic E-state index is -0.917. The molecular formula is C21H17ClFN3O3. The summed E-state index contributed by atoms with van der Waals surface area (Å²) < 4.78 is 21.4. The second-order valence-electron chi connectivity index (χ2n) is 7.28. The number of benzene rings is 2. The molecule has 0 amide bonds. The van der Waals surface area contributed by atoms with E-state index < -0.39 is 5.97 Å². The van der Waals surface area contributed by atoms with Crippen molar-refractivity contribution >= 4 is 45.6 Å². The highest BCUT2D eigenvalue weighted by atomic mass is 35.5. The maximum absolute atomic E-state index is 13.9. The molecule has 1 aliphatic carbocycles. The Labute approximate surface area is 169 Å². The molecule has 6 nitrogen and oxygen atoms in total. The first-order valence-electron chi connectivity index (χ1n) is 9.32. The van der Waals surface area contributed by atoms with Crippen LogP contribution < -0.4 is 5.32 Å². The molecular weight excluding hydrogens is 397 g/mol. The number of halogens is 2. The number of oxazole rings is 1. The van der Waals surface area contributed by atoms with Gasteiger partial charge in [-0.15, -0.1) is 0 Å². The van der Waals surface area contributed by atoms with Crippen molar-refractivity contribution in [2.45, 2.75) is 31.8 Å². The lowest BCUT2D eigenvalue weighted by Crippen LogP contribution is -2.28. The molecule has 1 atom stereocenters. The fraction of sp³-hybridized carbons (Fsp3) is 0.238. The summed E-state index contributed by atoms with van der Waals surface area (Å²) in [6, 6.07) is 10.2. The number of carbonyl (C=O) groups is 1. The Hall–Kier alpha value is -3.06. The molecule has 0 bridgehead atoms. The second kappa shape index (κ2) is 6.77. The van der Waals surface area contributed by atoms with Gasteiger partial charge in [0.2, 0.25) is 0 Å². The van der Waals surface area contributed by atoms with Gasteiger partial charge in [0.1, 0.15) is 17.9 Å². The molecule has 0 saturated carbocycles. The SMILES string of the molecule is O=C(O)Cn1c2c(c3cc(F)ccc31)CC(Nc1nc3cc(Cl)ccc3o1)CC2. The fourth-order valence-electron chi connectivity index (χ4n) is 4.20. The van der Waals surface area contributed by atoms with E-state index >= 15 is 0 Å². The molecule has 0 aliphatic heterocycles. The summed E-state index contributed by atoms with van der Waals surface area (Å²) in [7, 11) is 0. The summed E-state index contributed by atoms with van der Waals surface area (Å²) in [6.45, 7) is -0.137. The number of anilines is 1. The van der Waals surface area contributed by atoms with Crippen molar-refractivity contribution in [2.24, 2.45) is 0 Å². The molecule has 8 heteroatoms. The molecule has 0 spiro atoms. The van der Waals surface area contributed by atoms with Crippen LogP contribution in [0.4, 0.5) is 10.4 Å². The average molecular weight is 414 g/mol. The van der Waals surface area contributed by atoms with Gasteiger partial charge in [0, 0.05) is 27.7 Å². The molecule has 2 N–H and O–H groups in total. The molecule has 0 saturated heterocycles. The van der Waals surface area contributed by atoms with Crippen LogP contribution in [0, 0.1) is 5.82 Å². The number of aromatic nitrogens is 2. The summed E-state index contributed by atoms with van der Waals surface area (Å²) in [5.41, 5.74) is 4.00. The van der Waals surface area contributed by atoms with Gasteiger partial charge in [-0.3, -0.25) is 4.79 Å². The maximum Gasteiger partial charge on any atom is 0.323 e. The molecule has 0 radical (unpaired) electrons. The molecule has 0 fully saturated rings. The van der Waals surface area contributed by atoms with Crippen LogP contribution in [0.3, 0.4) is 0 Å². The van der Waals surface area contributed by atoms with Crippen LogP contribution in [0.15, 0.2) is 40.8 Å². The summed E-state index contributed by atoms with van der Waals surface area (Å²) in [6.07, 6.45) is 2.09. The van der Waals surface area contributed by atoms with Crippen LogP contribution in [0.1, 0.15) is 17.7 Å². The largest absolute Gasteiger partial charge is 0.480 e. The molecule has 2 aromatic heterocycles. The molecule has 148 valence electrons. The third-order valence-corrected chi connectivity index (χ3v) is 5.63. The minimum absolute atomic E-state index is 0.0400. The van der Waals surface area contributed by atoms with Gasteiger partial charge in [0.15, 0.2) is 5.58 Å². The van der Waals surface area contributed by atoms with Gasteiger partial charge >= 0.3 is 5.97 Å². The Balaban J connectivity index is 1.48. The minimum Gasteiger partial charge on any atom is -0.480 e. The van der Waals surface area contributed by atoms with E-state index in [0.29, 0.717) is 35.0 Å². The first kappa shape index (κ1) is 18.0. The van der Waals surface area contributed by atoms with Gasteiger partial charge in [-0.25, -0.2) is 4.39 Å². The number of hydrogen-bond acceptors (Lipinski definition) is 4. The van der Waals surface area contributed by atoms with Gasteiger partial charge in [0.05, 0.1) is 0 Å². The highest BCUT2D eigenvalue weighted by Gasteiger charge is 2.27. The van der Waals surface area contributed by atoms with Gasteiger partial charge in [-0.1, -0.05) is 11.6 Å². The summed E-state index contributed by atoms with van der Waals surface area (Å²) in [5, 5.41) is 14.0. The standard InChI is InChI=1S/C21H17ClFN3O3/c22-11-1-6-19-16(7-11)25-21(29-19)24-13-3-5-18-15(9-13)14-8-12(23)2-4-17(14)26(18)10-20(27)28/h1-2,4,6-8,13H,3,5,9-10H2,(H,24,25)(H,27,28). The average Bonchev–Trinajstić information content (AvgIpc) is 3.19. The zero-order chi connectivity index (χ0) is 20.1. The van der Waals surface area contributed by atoms with E-state index in [-0.39, 0.29) is 18.4 Å². The predicted octanol–water partition coefficient (Wildman–Crippen LogP) is 4.63. The number of nitrogens with zero attached hydrogens (tertiary/aromatic N) is 2. The molecule has 2 aromatic carbocycles. The maximum atomic E-state index is 13.9. The Bertz CT molecular complexity index is 1260. The van der Waals surface area contributed by atoms with Crippen LogP contribution in [-0.4, -0.2) is 26.7 Å². The normalized spacial score (nSPS) is 16.3. The van der Waals surface area contributed by atoms with E-state index in [0.717, 1.165) is 28.6 Å². The number of nitrogens with one attached hydrogen (secondary N) is 1. The van der Waals surface area contributed by atoms with Crippen molar-refractivity contribution in [3.8, 4) is 0 Å². The van der Waals surface area contributed by atoms with Crippen molar-refractivity contribution in [3.05, 3.63) is 58.5 Å². The lowest BCUT2D eigenvalue weighted by atomic mass is 9.91. The van der Waals surface area contributed by atoms with E-state index in [1.807, 2.05) is 0 Å². The lowest BCUT2D eigenvalue weighted by molar-refractivity contribution is -0.137. The van der Waals surface area contributed by atoms with Gasteiger partial charge < -0.3 is 19.4 Å². The Kier molecular flexibility index (Phi) is 4.20. The van der Waals surface area contributed by atoms with Crippen molar-refractivity contribution < 1.29 is 18.7 Å². The topological polar surface area (TPSA) is 80.3 Å². The van der Waals surface area contributed by atoms with E-state index in [2.05, 4.69) is 10.3 Å². The van der Waals surface area contributed by atoms with Crippen LogP contribution >= 0.6 is 11.6 Å². The summed E-state index contributed by atoms with van der Waals surface area (Å²) in [5.74, 6) is -1.25. The monoisotopic (exact) mass is 413 g/mol. The quantitative estimate of drug-likeness (QED) is 0.510. The lowest BCUT2D eigenvalue weighted by Gasteiger charge is -2.24. The van der Waals surface area contributed by atoms with Crippen molar-refractivity contribution in [2.75, 3.05) is 5.32 Å². The summed E-state index contributed by atoms with van der Waals surface area (Å²) >= 11 is 6.01. The highest BCUT2D eigenvalue weighted by Crippen LogP contribution is 2.34. The first-order valence-corrected chi connectivity index (χ1v) is 9.69. The zero-order valence-electron chi connectivity index (χ0n) is 15.3. The number of hydrogen-bond donors (Lipinski definition) is 2. The summed E-state index contributed by atoms with van der Waals surface area (Å²) in [4.78, 5) is 15.8. The molecule has 1 unspecified atom stereocenters. The molecule has 2 heterocycles. The smallest absolute Gasteiger partial charge is 0.323 e. The molecule has 5 rings (SSSR count). The highest BCUT2D eigenvalue weighted by molar-refractivity contribution is 6.31. The van der Waals surface area contributed by atoms with E-state index in [4.69, 9.17) is 16.0 Å². The van der Waals surface area contributed by atoms with Gasteiger partial charge in [0.25, 0.3) is 6.01 Å². The molecule has 4 aromatic rings. The Morgan fingerprint density at radius 2 is 2.21 bits per heavy atom. The molecule has 1 aliphatic rings. The predicted molar refractivity (Wildman–Crippen MR) is 108 cm³/mol. The first-order chi connectivity index (χ1) is 14.0. The fourth-order valence-corrected chi connectivity index (χ4v) is 4.36. The van der Waals surface area contributed by atoms with E-state index in [1.165, 1.54) is 12.1 Å². The molecule has 29 heavy (non-hydrogen) atoms. The number of rotatable bonds is 4. The van der Waals surface area contributed by atoms with E-state index in [9.17, 15) is 14.3 Å². The number of carboxylic acids is 1. The van der Waals surface area contributed by atoms with Crippen LogP contribution in [0.25, 0.3) is 22.0 Å². The zero-order valence-corrected chi connectivity index (χ0v) is 16.0. The van der Waals surface area contributed by atoms with Crippen molar-refractivity contribution in [3.63, 3.8) is 0 Å². The van der Waals surface area contributed by atoms with E-state index in [1.54, 1.807) is 28.8 Å². The van der Waals surface area contributed by atoms with Crippen LogP contribution in [0.5, 0.6) is 0 Å². The van der Waals surface area contributed by atoms with Crippen molar-refractivity contribution in [1.29, 1.82) is 0 Å². The van der Waals surface area contributed by atoms with Crippen LogP contribution in [-0.2, 0) is 24.2 Å². The Morgan fingerprint density at radius 3 is 3.03 bits per heavy atom. The third kappa shape index (κ3) is 3.21. The third-order valence-electron chi connectivity index (χ3n) is 5.40. The van der Waals surface area contributed by atoms with Gasteiger partial charge in [-0.2, -0.15) is 4.98 Å². The van der Waals surface area contributed by atoms with Crippen molar-refractivity contribution in [1.82, 2.24) is 9.55 Å². The second-order valence-corrected chi connectivity index (χ2v) is 7.72. The Morgan fingerprint density at radius 1 is 1.34 bits per heavy atom. The number of aliphatic carboxylic acids is 1. The number of fused-ring (bicyclic) bond motifs is 4.